The lowest BCUT2D eigenvalue weighted by Gasteiger charge is -2.20. The van der Waals surface area contributed by atoms with Crippen LogP contribution in [0.25, 0.3) is 0 Å². The zero-order chi connectivity index (χ0) is 20.8. The predicted octanol–water partition coefficient (Wildman–Crippen LogP) is 4.52. The number of hydrogen-bond donors (Lipinski definition) is 2. The van der Waals surface area contributed by atoms with Crippen LogP contribution in [0.1, 0.15) is 52.9 Å². The molecule has 2 N–H and O–H groups in total. The summed E-state index contributed by atoms with van der Waals surface area (Å²) in [5.74, 6) is 1.13. The second kappa shape index (κ2) is 9.78. The number of amides is 2. The van der Waals surface area contributed by atoms with Crippen molar-refractivity contribution in [3.8, 4) is 11.5 Å². The van der Waals surface area contributed by atoms with E-state index >= 15 is 0 Å². The number of hydrogen-bond acceptors (Lipinski definition) is 5. The molecule has 1 aromatic carbocycles. The van der Waals surface area contributed by atoms with Crippen molar-refractivity contribution in [3.63, 3.8) is 0 Å². The molecule has 7 heteroatoms. The van der Waals surface area contributed by atoms with E-state index in [1.54, 1.807) is 14.2 Å². The molecular formula is C22H28N2O4S. The molecule has 3 rings (SSSR count). The maximum atomic E-state index is 12.8. The lowest BCUT2D eigenvalue weighted by Crippen LogP contribution is -2.27. The van der Waals surface area contributed by atoms with Gasteiger partial charge in [-0.25, -0.2) is 0 Å². The van der Waals surface area contributed by atoms with Crippen LogP contribution in [0.2, 0.25) is 0 Å². The van der Waals surface area contributed by atoms with Gasteiger partial charge < -0.3 is 20.1 Å². The van der Waals surface area contributed by atoms with Crippen LogP contribution < -0.4 is 20.1 Å². The van der Waals surface area contributed by atoms with Gasteiger partial charge in [0.05, 0.1) is 19.8 Å². The molecule has 0 bridgehead atoms. The highest BCUT2D eigenvalue weighted by atomic mass is 32.1. The van der Waals surface area contributed by atoms with Crippen LogP contribution in [0.4, 0.5) is 5.00 Å². The molecule has 29 heavy (non-hydrogen) atoms. The molecule has 0 saturated heterocycles. The van der Waals surface area contributed by atoms with E-state index in [1.807, 2.05) is 31.2 Å². The molecule has 1 heterocycles. The molecule has 0 aliphatic heterocycles. The normalized spacial score (nSPS) is 14.3. The third-order valence-corrected chi connectivity index (χ3v) is 6.18. The Morgan fingerprint density at radius 1 is 1.07 bits per heavy atom. The topological polar surface area (TPSA) is 76.7 Å². The van der Waals surface area contributed by atoms with E-state index < -0.39 is 0 Å². The van der Waals surface area contributed by atoms with Crippen molar-refractivity contribution in [2.75, 3.05) is 19.5 Å². The van der Waals surface area contributed by atoms with Crippen molar-refractivity contribution < 1.29 is 19.1 Å². The Bertz CT molecular complexity index is 872. The van der Waals surface area contributed by atoms with Crippen molar-refractivity contribution in [2.45, 2.75) is 45.6 Å². The first-order chi connectivity index (χ1) is 14.0. The second-order valence-electron chi connectivity index (χ2n) is 7.30. The number of carbonyl (C=O) groups excluding carboxylic acids is 2. The number of thiophene rings is 1. The van der Waals surface area contributed by atoms with Gasteiger partial charge in [0.1, 0.15) is 5.00 Å². The van der Waals surface area contributed by atoms with Crippen LogP contribution in [-0.4, -0.2) is 26.0 Å². The predicted molar refractivity (Wildman–Crippen MR) is 115 cm³/mol. The SMILES string of the molecule is COc1ccc(CNC(=O)c2cc(C)sc2NC(=O)C2CCCCC2)cc1OC. The van der Waals surface area contributed by atoms with Crippen molar-refractivity contribution in [3.05, 3.63) is 40.3 Å². The molecule has 2 aromatic rings. The molecule has 1 aliphatic carbocycles. The fourth-order valence-electron chi connectivity index (χ4n) is 3.62. The standard InChI is InChI=1S/C22H28N2O4S/c1-14-11-17(22(29-14)24-20(25)16-7-5-4-6-8-16)21(26)23-13-15-9-10-18(27-2)19(12-15)28-3/h9-12,16H,4-8,13H2,1-3H3,(H,23,26)(H,24,25). The van der Waals surface area contributed by atoms with Gasteiger partial charge in [0.15, 0.2) is 11.5 Å². The summed E-state index contributed by atoms with van der Waals surface area (Å²) in [4.78, 5) is 26.4. The lowest BCUT2D eigenvalue weighted by atomic mass is 9.89. The van der Waals surface area contributed by atoms with E-state index in [9.17, 15) is 9.59 Å². The summed E-state index contributed by atoms with van der Waals surface area (Å²) in [6.07, 6.45) is 5.25. The molecule has 1 saturated carbocycles. The van der Waals surface area contributed by atoms with Gasteiger partial charge in [-0.2, -0.15) is 0 Å². The summed E-state index contributed by atoms with van der Waals surface area (Å²) in [6, 6.07) is 7.35. The van der Waals surface area contributed by atoms with Gasteiger partial charge in [0, 0.05) is 17.3 Å². The van der Waals surface area contributed by atoms with Crippen LogP contribution in [0.3, 0.4) is 0 Å². The molecule has 0 unspecified atom stereocenters. The molecule has 1 aromatic heterocycles. The van der Waals surface area contributed by atoms with Gasteiger partial charge in [-0.05, 0) is 43.5 Å². The Morgan fingerprint density at radius 3 is 2.48 bits per heavy atom. The summed E-state index contributed by atoms with van der Waals surface area (Å²) < 4.78 is 10.5. The summed E-state index contributed by atoms with van der Waals surface area (Å²) in [6.45, 7) is 2.29. The largest absolute Gasteiger partial charge is 0.493 e. The van der Waals surface area contributed by atoms with Crippen molar-refractivity contribution in [2.24, 2.45) is 5.92 Å². The molecular weight excluding hydrogens is 388 g/mol. The van der Waals surface area contributed by atoms with E-state index in [2.05, 4.69) is 10.6 Å². The number of methoxy groups -OCH3 is 2. The lowest BCUT2D eigenvalue weighted by molar-refractivity contribution is -0.120. The first-order valence-electron chi connectivity index (χ1n) is 9.92. The highest BCUT2D eigenvalue weighted by Gasteiger charge is 2.24. The van der Waals surface area contributed by atoms with Crippen molar-refractivity contribution >= 4 is 28.2 Å². The van der Waals surface area contributed by atoms with Crippen LogP contribution in [0.5, 0.6) is 11.5 Å². The van der Waals surface area contributed by atoms with E-state index in [1.165, 1.54) is 17.8 Å². The number of ether oxygens (including phenoxy) is 2. The molecule has 0 radical (unpaired) electrons. The molecule has 0 atom stereocenters. The van der Waals surface area contributed by atoms with E-state index in [0.29, 0.717) is 28.6 Å². The van der Waals surface area contributed by atoms with Gasteiger partial charge in [-0.15, -0.1) is 11.3 Å². The van der Waals surface area contributed by atoms with E-state index in [0.717, 1.165) is 36.1 Å². The van der Waals surface area contributed by atoms with E-state index in [-0.39, 0.29) is 17.7 Å². The van der Waals surface area contributed by atoms with Crippen LogP contribution in [-0.2, 0) is 11.3 Å². The molecule has 2 amide bonds. The van der Waals surface area contributed by atoms with Crippen LogP contribution in [0, 0.1) is 12.8 Å². The summed E-state index contributed by atoms with van der Waals surface area (Å²) >= 11 is 1.44. The Balaban J connectivity index is 1.66. The number of rotatable bonds is 7. The third-order valence-electron chi connectivity index (χ3n) is 5.21. The average Bonchev–Trinajstić information content (AvgIpc) is 3.12. The smallest absolute Gasteiger partial charge is 0.254 e. The fourth-order valence-corrected chi connectivity index (χ4v) is 4.53. The maximum absolute atomic E-state index is 12.8. The van der Waals surface area contributed by atoms with Gasteiger partial charge in [0.2, 0.25) is 5.91 Å². The van der Waals surface area contributed by atoms with Gasteiger partial charge in [-0.1, -0.05) is 25.3 Å². The number of carbonyl (C=O) groups is 2. The second-order valence-corrected chi connectivity index (χ2v) is 8.55. The number of anilines is 1. The monoisotopic (exact) mass is 416 g/mol. The molecule has 156 valence electrons. The summed E-state index contributed by atoms with van der Waals surface area (Å²) in [5, 5.41) is 6.55. The highest BCUT2D eigenvalue weighted by Crippen LogP contribution is 2.31. The maximum Gasteiger partial charge on any atom is 0.254 e. The fraction of sp³-hybridized carbons (Fsp3) is 0.455. The minimum atomic E-state index is -0.205. The first-order valence-corrected chi connectivity index (χ1v) is 10.7. The molecule has 6 nitrogen and oxygen atoms in total. The Kier molecular flexibility index (Phi) is 7.14. The van der Waals surface area contributed by atoms with Gasteiger partial charge >= 0.3 is 0 Å². The molecule has 1 aliphatic rings. The first kappa shape index (κ1) is 21.2. The number of nitrogens with one attached hydrogen (secondary N) is 2. The number of benzene rings is 1. The average molecular weight is 417 g/mol. The van der Waals surface area contributed by atoms with Crippen LogP contribution in [0.15, 0.2) is 24.3 Å². The van der Waals surface area contributed by atoms with Crippen molar-refractivity contribution in [1.29, 1.82) is 0 Å². The third kappa shape index (κ3) is 5.29. The highest BCUT2D eigenvalue weighted by molar-refractivity contribution is 7.16. The van der Waals surface area contributed by atoms with Crippen molar-refractivity contribution in [1.82, 2.24) is 5.32 Å². The minimum absolute atomic E-state index is 0.0282. The zero-order valence-electron chi connectivity index (χ0n) is 17.2. The Labute approximate surface area is 175 Å². The minimum Gasteiger partial charge on any atom is -0.493 e. The quantitative estimate of drug-likeness (QED) is 0.696. The molecule has 0 spiro atoms. The Morgan fingerprint density at radius 2 is 1.79 bits per heavy atom. The summed E-state index contributed by atoms with van der Waals surface area (Å²) in [5.41, 5.74) is 1.41. The van der Waals surface area contributed by atoms with Crippen LogP contribution >= 0.6 is 11.3 Å². The summed E-state index contributed by atoms with van der Waals surface area (Å²) in [7, 11) is 3.16. The molecule has 1 fully saturated rings. The van der Waals surface area contributed by atoms with E-state index in [4.69, 9.17) is 9.47 Å². The zero-order valence-corrected chi connectivity index (χ0v) is 18.0. The Hall–Kier alpha value is -2.54. The van der Waals surface area contributed by atoms with Gasteiger partial charge in [-0.3, -0.25) is 9.59 Å². The van der Waals surface area contributed by atoms with Gasteiger partial charge in [0.25, 0.3) is 5.91 Å². The number of aryl methyl sites for hydroxylation is 1.